The van der Waals surface area contributed by atoms with Crippen LogP contribution in [0.3, 0.4) is 0 Å². The molecule has 36 heavy (non-hydrogen) atoms. The maximum atomic E-state index is 11.3. The first-order valence-corrected chi connectivity index (χ1v) is 11.2. The van der Waals surface area contributed by atoms with Gasteiger partial charge in [0.2, 0.25) is 5.91 Å². The number of fused-ring (bicyclic) bond motifs is 1. The summed E-state index contributed by atoms with van der Waals surface area (Å²) in [4.78, 5) is 20.7. The lowest BCUT2D eigenvalue weighted by atomic mass is 10.2. The van der Waals surface area contributed by atoms with E-state index >= 15 is 0 Å². The number of benzene rings is 2. The number of hydrogen-bond donors (Lipinski definition) is 4. The van der Waals surface area contributed by atoms with Crippen LogP contribution < -0.4 is 16.8 Å². The van der Waals surface area contributed by atoms with Crippen LogP contribution in [-0.4, -0.2) is 30.8 Å². The molecule has 0 unspecified atom stereocenters. The summed E-state index contributed by atoms with van der Waals surface area (Å²) in [5.74, 6) is 1.52. The van der Waals surface area contributed by atoms with Gasteiger partial charge in [-0.05, 0) is 55.8 Å². The highest BCUT2D eigenvalue weighted by Crippen LogP contribution is 2.21. The lowest BCUT2D eigenvalue weighted by Crippen LogP contribution is -2.14. The molecule has 1 amide bonds. The number of nitrogens with zero attached hydrogens (tertiary/aromatic N) is 4. The highest BCUT2D eigenvalue weighted by atomic mass is 35.5. The smallest absolute Gasteiger partial charge is 0.217 e. The Morgan fingerprint density at radius 2 is 1.72 bits per heavy atom. The monoisotopic (exact) mass is 530 g/mol. The molecule has 11 heteroatoms. The molecule has 0 spiro atoms. The van der Waals surface area contributed by atoms with Crippen LogP contribution in [0.4, 0.5) is 5.69 Å². The number of amidine groups is 1. The van der Waals surface area contributed by atoms with Gasteiger partial charge in [0.15, 0.2) is 0 Å². The van der Waals surface area contributed by atoms with Gasteiger partial charge < -0.3 is 25.9 Å². The van der Waals surface area contributed by atoms with Gasteiger partial charge in [0.25, 0.3) is 0 Å². The molecule has 0 saturated heterocycles. The number of carbonyl (C=O) groups excluding carboxylic acids is 1. The Bertz CT molecular complexity index is 1380. The SMILES string of the molecule is Cc1nc(CCC(N)=O)n(Cc2ccc3c(c2)nc(CNc2ccc(C(=N)N)cc2)n3C)c1C.Cl.Cl. The van der Waals surface area contributed by atoms with Crippen molar-refractivity contribution in [3.63, 3.8) is 0 Å². The molecular formula is C25H32Cl2N8O. The number of hydrogen-bond acceptors (Lipinski definition) is 5. The van der Waals surface area contributed by atoms with Crippen molar-refractivity contribution in [3.8, 4) is 0 Å². The van der Waals surface area contributed by atoms with E-state index in [-0.39, 0.29) is 43.0 Å². The molecule has 2 heterocycles. The van der Waals surface area contributed by atoms with Gasteiger partial charge in [0.05, 0.1) is 23.3 Å². The first-order valence-electron chi connectivity index (χ1n) is 11.2. The number of nitrogen functional groups attached to an aromatic ring is 1. The average molecular weight is 531 g/mol. The second-order valence-electron chi connectivity index (χ2n) is 8.51. The first-order chi connectivity index (χ1) is 16.2. The van der Waals surface area contributed by atoms with Gasteiger partial charge in [-0.25, -0.2) is 9.97 Å². The summed E-state index contributed by atoms with van der Waals surface area (Å²) in [6.45, 7) is 5.25. The second-order valence-corrected chi connectivity index (χ2v) is 8.51. The molecule has 0 saturated carbocycles. The quantitative estimate of drug-likeness (QED) is 0.193. The zero-order chi connectivity index (χ0) is 24.4. The standard InChI is InChI=1S/C25H30N8O.2ClH/c1-15-16(2)33(23(30-15)11-10-22(26)34)14-17-4-9-21-20(12-17)31-24(32(21)3)13-29-19-7-5-18(6-8-19)25(27)28;;/h4-9,12,29H,10-11,13-14H2,1-3H3,(H2,26,34)(H3,27,28);2*1H. The van der Waals surface area contributed by atoms with Crippen LogP contribution in [0.2, 0.25) is 0 Å². The fourth-order valence-corrected chi connectivity index (χ4v) is 4.04. The number of imidazole rings is 2. The minimum absolute atomic E-state index is 0. The number of anilines is 1. The number of aromatic nitrogens is 4. The van der Waals surface area contributed by atoms with E-state index in [0.29, 0.717) is 25.1 Å². The predicted octanol–water partition coefficient (Wildman–Crippen LogP) is 3.59. The van der Waals surface area contributed by atoms with Crippen molar-refractivity contribution in [2.24, 2.45) is 18.5 Å². The van der Waals surface area contributed by atoms with Crippen LogP contribution in [0, 0.1) is 19.3 Å². The highest BCUT2D eigenvalue weighted by molar-refractivity contribution is 5.95. The van der Waals surface area contributed by atoms with Crippen molar-refractivity contribution in [2.75, 3.05) is 5.32 Å². The molecule has 0 fully saturated rings. The fourth-order valence-electron chi connectivity index (χ4n) is 4.04. The third-order valence-corrected chi connectivity index (χ3v) is 6.16. The molecule has 0 radical (unpaired) electrons. The molecule has 9 nitrogen and oxygen atoms in total. The first kappa shape index (κ1) is 28.7. The zero-order valence-electron chi connectivity index (χ0n) is 20.5. The lowest BCUT2D eigenvalue weighted by molar-refractivity contribution is -0.118. The minimum Gasteiger partial charge on any atom is -0.384 e. The van der Waals surface area contributed by atoms with Gasteiger partial charge in [-0.15, -0.1) is 24.8 Å². The van der Waals surface area contributed by atoms with E-state index < -0.39 is 0 Å². The van der Waals surface area contributed by atoms with Gasteiger partial charge in [0.1, 0.15) is 17.5 Å². The normalized spacial score (nSPS) is 10.5. The van der Waals surface area contributed by atoms with Crippen LogP contribution in [0.5, 0.6) is 0 Å². The lowest BCUT2D eigenvalue weighted by Gasteiger charge is -2.10. The van der Waals surface area contributed by atoms with E-state index in [2.05, 4.69) is 37.6 Å². The van der Waals surface area contributed by atoms with Crippen molar-refractivity contribution in [3.05, 3.63) is 76.6 Å². The van der Waals surface area contributed by atoms with E-state index in [1.165, 1.54) is 0 Å². The van der Waals surface area contributed by atoms with E-state index in [4.69, 9.17) is 21.9 Å². The Morgan fingerprint density at radius 3 is 2.36 bits per heavy atom. The van der Waals surface area contributed by atoms with Crippen LogP contribution >= 0.6 is 24.8 Å². The number of carbonyl (C=O) groups is 1. The van der Waals surface area contributed by atoms with Gasteiger partial charge in [-0.1, -0.05) is 6.07 Å². The number of aryl methyl sites for hydroxylation is 3. The van der Waals surface area contributed by atoms with Crippen molar-refractivity contribution >= 4 is 53.3 Å². The molecule has 0 aliphatic rings. The van der Waals surface area contributed by atoms with E-state index in [1.54, 1.807) is 0 Å². The van der Waals surface area contributed by atoms with Gasteiger partial charge >= 0.3 is 0 Å². The van der Waals surface area contributed by atoms with Crippen molar-refractivity contribution in [1.82, 2.24) is 19.1 Å². The Morgan fingerprint density at radius 1 is 1.03 bits per heavy atom. The van der Waals surface area contributed by atoms with Crippen LogP contribution in [0.25, 0.3) is 11.0 Å². The summed E-state index contributed by atoms with van der Waals surface area (Å²) in [6, 6.07) is 13.8. The largest absolute Gasteiger partial charge is 0.384 e. The third-order valence-electron chi connectivity index (χ3n) is 6.16. The highest BCUT2D eigenvalue weighted by Gasteiger charge is 2.14. The summed E-state index contributed by atoms with van der Waals surface area (Å²) in [7, 11) is 2.01. The molecule has 0 aliphatic heterocycles. The number of amides is 1. The van der Waals surface area contributed by atoms with E-state index in [1.807, 2.05) is 45.2 Å². The van der Waals surface area contributed by atoms with Crippen molar-refractivity contribution < 1.29 is 4.79 Å². The number of primary amides is 1. The maximum absolute atomic E-state index is 11.3. The number of nitrogens with two attached hydrogens (primary N) is 2. The number of rotatable bonds is 9. The van der Waals surface area contributed by atoms with Crippen molar-refractivity contribution in [1.29, 1.82) is 5.41 Å². The van der Waals surface area contributed by atoms with Gasteiger partial charge in [-0.3, -0.25) is 10.2 Å². The topological polar surface area (TPSA) is 141 Å². The Balaban J connectivity index is 0.00000228. The molecule has 192 valence electrons. The van der Waals surface area contributed by atoms with Gasteiger partial charge in [-0.2, -0.15) is 0 Å². The number of halogens is 2. The molecule has 4 rings (SSSR count). The fraction of sp³-hybridized carbons (Fsp3) is 0.280. The molecule has 4 aromatic rings. The summed E-state index contributed by atoms with van der Waals surface area (Å²) >= 11 is 0. The molecule has 6 N–H and O–H groups in total. The summed E-state index contributed by atoms with van der Waals surface area (Å²) in [5, 5.41) is 10.9. The predicted molar refractivity (Wildman–Crippen MR) is 148 cm³/mol. The molecule has 0 bridgehead atoms. The summed E-state index contributed by atoms with van der Waals surface area (Å²) in [5.41, 5.74) is 17.6. The van der Waals surface area contributed by atoms with Crippen LogP contribution in [-0.2, 0) is 31.4 Å². The molecule has 2 aromatic carbocycles. The Labute approximate surface area is 222 Å². The maximum Gasteiger partial charge on any atom is 0.217 e. The Kier molecular flexibility index (Phi) is 9.49. The van der Waals surface area contributed by atoms with Gasteiger partial charge in [0, 0.05) is 43.4 Å². The molecule has 0 aliphatic carbocycles. The molecular weight excluding hydrogens is 499 g/mol. The summed E-state index contributed by atoms with van der Waals surface area (Å²) in [6.07, 6.45) is 0.808. The average Bonchev–Trinajstić information content (AvgIpc) is 3.26. The minimum atomic E-state index is -0.323. The van der Waals surface area contributed by atoms with E-state index in [9.17, 15) is 4.79 Å². The molecule has 0 atom stereocenters. The second kappa shape index (κ2) is 11.9. The molecule has 2 aromatic heterocycles. The van der Waals surface area contributed by atoms with E-state index in [0.717, 1.165) is 45.3 Å². The summed E-state index contributed by atoms with van der Waals surface area (Å²) < 4.78 is 4.23. The Hall–Kier alpha value is -3.56. The number of nitrogens with one attached hydrogen (secondary N) is 2. The van der Waals surface area contributed by atoms with Crippen LogP contribution in [0.15, 0.2) is 42.5 Å². The van der Waals surface area contributed by atoms with Crippen molar-refractivity contribution in [2.45, 2.75) is 39.8 Å². The zero-order valence-corrected chi connectivity index (χ0v) is 22.2. The van der Waals surface area contributed by atoms with Crippen LogP contribution in [0.1, 0.15) is 40.6 Å². The third kappa shape index (κ3) is 6.16.